The Bertz CT molecular complexity index is 122. The van der Waals surface area contributed by atoms with Crippen LogP contribution >= 0.6 is 0 Å². The van der Waals surface area contributed by atoms with Crippen LogP contribution in [0, 0.1) is 5.92 Å². The third kappa shape index (κ3) is 0.878. The summed E-state index contributed by atoms with van der Waals surface area (Å²) in [6.45, 7) is 2.39. The van der Waals surface area contributed by atoms with Crippen molar-refractivity contribution in [2.75, 3.05) is 7.05 Å². The van der Waals surface area contributed by atoms with Gasteiger partial charge in [0, 0.05) is 12.1 Å². The van der Waals surface area contributed by atoms with Crippen molar-refractivity contribution in [3.63, 3.8) is 0 Å². The molecule has 0 aromatic carbocycles. The van der Waals surface area contributed by atoms with Crippen molar-refractivity contribution in [2.24, 2.45) is 5.92 Å². The standard InChI is InChI=1S/C8H15N.CH4/c1-6-5-7-3-4-8(6)9(7)2;/h6-8H,3-5H2,1-2H3;1H4/t6-,7-,8+;/m0./s1. The molecule has 60 valence electrons. The zero-order valence-electron chi connectivity index (χ0n) is 6.30. The van der Waals surface area contributed by atoms with Gasteiger partial charge >= 0.3 is 0 Å². The molecule has 10 heavy (non-hydrogen) atoms. The molecule has 0 spiro atoms. The predicted molar refractivity (Wildman–Crippen MR) is 45.1 cm³/mol. The van der Waals surface area contributed by atoms with Crippen molar-refractivity contribution in [3.05, 3.63) is 0 Å². The Balaban J connectivity index is 0.000000500. The minimum absolute atomic E-state index is 0. The molecule has 0 aromatic heterocycles. The molecule has 0 aliphatic carbocycles. The summed E-state index contributed by atoms with van der Waals surface area (Å²) in [5, 5.41) is 0. The summed E-state index contributed by atoms with van der Waals surface area (Å²) in [5.41, 5.74) is 0. The lowest BCUT2D eigenvalue weighted by molar-refractivity contribution is 0.296. The maximum atomic E-state index is 2.57. The van der Waals surface area contributed by atoms with Crippen LogP contribution in [-0.4, -0.2) is 24.0 Å². The van der Waals surface area contributed by atoms with Crippen LogP contribution in [0.5, 0.6) is 0 Å². The maximum absolute atomic E-state index is 2.57. The summed E-state index contributed by atoms with van der Waals surface area (Å²) in [6, 6.07) is 1.89. The second-order valence-electron chi connectivity index (χ2n) is 3.68. The molecule has 2 aliphatic rings. The Kier molecular flexibility index (Phi) is 2.04. The van der Waals surface area contributed by atoms with Gasteiger partial charge < -0.3 is 4.90 Å². The SMILES string of the molecule is C.C[C@H]1C[C@@H]2CC[C@H]1N2C. The third-order valence-corrected chi connectivity index (χ3v) is 3.20. The maximum Gasteiger partial charge on any atom is 0.0122 e. The molecule has 2 aliphatic heterocycles. The van der Waals surface area contributed by atoms with Gasteiger partial charge in [0.25, 0.3) is 0 Å². The average molecular weight is 141 g/mol. The smallest absolute Gasteiger partial charge is 0.0122 e. The molecule has 0 aromatic rings. The Labute approximate surface area is 64.4 Å². The fraction of sp³-hybridized carbons (Fsp3) is 1.00. The number of hydrogen-bond donors (Lipinski definition) is 0. The third-order valence-electron chi connectivity index (χ3n) is 3.20. The fourth-order valence-electron chi connectivity index (χ4n) is 2.60. The van der Waals surface area contributed by atoms with Crippen LogP contribution in [0.1, 0.15) is 33.6 Å². The van der Waals surface area contributed by atoms with Crippen molar-refractivity contribution in [1.29, 1.82) is 0 Å². The van der Waals surface area contributed by atoms with E-state index in [-0.39, 0.29) is 7.43 Å². The van der Waals surface area contributed by atoms with Crippen LogP contribution in [0.2, 0.25) is 0 Å². The molecule has 2 rings (SSSR count). The van der Waals surface area contributed by atoms with Crippen LogP contribution in [0.25, 0.3) is 0 Å². The Hall–Kier alpha value is -0.0400. The van der Waals surface area contributed by atoms with E-state index in [0.29, 0.717) is 0 Å². The molecule has 2 fully saturated rings. The molecular weight excluding hydrogens is 122 g/mol. The van der Waals surface area contributed by atoms with Crippen molar-refractivity contribution in [3.8, 4) is 0 Å². The van der Waals surface area contributed by atoms with E-state index in [1.165, 1.54) is 19.3 Å². The number of hydrogen-bond acceptors (Lipinski definition) is 1. The molecule has 2 heterocycles. The summed E-state index contributed by atoms with van der Waals surface area (Å²) in [6.07, 6.45) is 4.38. The first-order valence-electron chi connectivity index (χ1n) is 4.01. The van der Waals surface area contributed by atoms with E-state index in [0.717, 1.165) is 18.0 Å². The zero-order chi connectivity index (χ0) is 6.43. The van der Waals surface area contributed by atoms with E-state index in [4.69, 9.17) is 0 Å². The minimum atomic E-state index is 0. The zero-order valence-corrected chi connectivity index (χ0v) is 6.30. The summed E-state index contributed by atoms with van der Waals surface area (Å²) in [7, 11) is 2.28. The van der Waals surface area contributed by atoms with Crippen LogP contribution < -0.4 is 0 Å². The summed E-state index contributed by atoms with van der Waals surface area (Å²) in [5.74, 6) is 0.980. The second kappa shape index (κ2) is 2.54. The average Bonchev–Trinajstić information content (AvgIpc) is 2.25. The highest BCUT2D eigenvalue weighted by atomic mass is 15.2. The first kappa shape index (κ1) is 8.06. The van der Waals surface area contributed by atoms with Gasteiger partial charge in [-0.1, -0.05) is 14.4 Å². The highest BCUT2D eigenvalue weighted by Gasteiger charge is 2.41. The van der Waals surface area contributed by atoms with Gasteiger partial charge in [-0.15, -0.1) is 0 Å². The van der Waals surface area contributed by atoms with Crippen LogP contribution in [0.3, 0.4) is 0 Å². The summed E-state index contributed by atoms with van der Waals surface area (Å²) in [4.78, 5) is 2.57. The van der Waals surface area contributed by atoms with Gasteiger partial charge in [0.15, 0.2) is 0 Å². The first-order valence-corrected chi connectivity index (χ1v) is 4.01. The lowest BCUT2D eigenvalue weighted by Crippen LogP contribution is -2.24. The molecule has 2 bridgehead atoms. The van der Waals surface area contributed by atoms with E-state index in [1.54, 1.807) is 0 Å². The molecule has 1 heteroatoms. The lowest BCUT2D eigenvalue weighted by Gasteiger charge is -2.16. The van der Waals surface area contributed by atoms with E-state index in [9.17, 15) is 0 Å². The molecule has 1 nitrogen and oxygen atoms in total. The summed E-state index contributed by atoms with van der Waals surface area (Å²) < 4.78 is 0. The molecule has 0 saturated carbocycles. The van der Waals surface area contributed by atoms with Gasteiger partial charge in [-0.05, 0) is 32.2 Å². The lowest BCUT2D eigenvalue weighted by atomic mass is 9.91. The van der Waals surface area contributed by atoms with E-state index < -0.39 is 0 Å². The van der Waals surface area contributed by atoms with Crippen LogP contribution in [0.4, 0.5) is 0 Å². The van der Waals surface area contributed by atoms with E-state index >= 15 is 0 Å². The molecule has 0 amide bonds. The number of fused-ring (bicyclic) bond motifs is 2. The van der Waals surface area contributed by atoms with Crippen molar-refractivity contribution in [2.45, 2.75) is 45.7 Å². The highest BCUT2D eigenvalue weighted by molar-refractivity contribution is 4.96. The molecule has 0 radical (unpaired) electrons. The van der Waals surface area contributed by atoms with Gasteiger partial charge in [0.05, 0.1) is 0 Å². The topological polar surface area (TPSA) is 3.24 Å². The van der Waals surface area contributed by atoms with E-state index in [1.807, 2.05) is 0 Å². The minimum Gasteiger partial charge on any atom is -0.300 e. The van der Waals surface area contributed by atoms with Crippen molar-refractivity contribution >= 4 is 0 Å². The first-order chi connectivity index (χ1) is 4.29. The predicted octanol–water partition coefficient (Wildman–Crippen LogP) is 2.13. The Morgan fingerprint density at radius 2 is 2.00 bits per heavy atom. The number of nitrogens with zero attached hydrogens (tertiary/aromatic N) is 1. The Morgan fingerprint density at radius 1 is 1.30 bits per heavy atom. The van der Waals surface area contributed by atoms with Crippen molar-refractivity contribution < 1.29 is 0 Å². The monoisotopic (exact) mass is 141 g/mol. The van der Waals surface area contributed by atoms with Gasteiger partial charge in [-0.25, -0.2) is 0 Å². The largest absolute Gasteiger partial charge is 0.300 e. The molecule has 0 unspecified atom stereocenters. The molecule has 2 saturated heterocycles. The number of rotatable bonds is 0. The fourth-order valence-corrected chi connectivity index (χ4v) is 2.60. The second-order valence-corrected chi connectivity index (χ2v) is 3.68. The van der Waals surface area contributed by atoms with E-state index in [2.05, 4.69) is 18.9 Å². The summed E-state index contributed by atoms with van der Waals surface area (Å²) >= 11 is 0. The van der Waals surface area contributed by atoms with Gasteiger partial charge in [-0.3, -0.25) is 0 Å². The Morgan fingerprint density at radius 3 is 2.20 bits per heavy atom. The molecular formula is C9H19N. The normalized spacial score (nSPS) is 45.6. The highest BCUT2D eigenvalue weighted by Crippen LogP contribution is 2.39. The van der Waals surface area contributed by atoms with Gasteiger partial charge in [-0.2, -0.15) is 0 Å². The van der Waals surface area contributed by atoms with Crippen LogP contribution in [-0.2, 0) is 0 Å². The molecule has 3 atom stereocenters. The van der Waals surface area contributed by atoms with Crippen LogP contribution in [0.15, 0.2) is 0 Å². The van der Waals surface area contributed by atoms with Gasteiger partial charge in [0.2, 0.25) is 0 Å². The van der Waals surface area contributed by atoms with Crippen molar-refractivity contribution in [1.82, 2.24) is 4.90 Å². The van der Waals surface area contributed by atoms with Gasteiger partial charge in [0.1, 0.15) is 0 Å². The quantitative estimate of drug-likeness (QED) is 0.499. The molecule has 0 N–H and O–H groups in total.